The summed E-state index contributed by atoms with van der Waals surface area (Å²) in [7, 11) is -0.971. The Kier molecular flexibility index (Phi) is 6.17. The molecule has 0 saturated carbocycles. The second-order valence-corrected chi connectivity index (χ2v) is 7.72. The molecule has 0 aliphatic rings. The molecule has 0 aliphatic heterocycles. The molecule has 0 spiro atoms. The van der Waals surface area contributed by atoms with Crippen LogP contribution in [-0.4, -0.2) is 45.3 Å². The maximum Gasteiger partial charge on any atom is 0.262 e. The molecule has 2 amide bonds. The van der Waals surface area contributed by atoms with Crippen molar-refractivity contribution in [2.24, 2.45) is 0 Å². The van der Waals surface area contributed by atoms with Gasteiger partial charge in [-0.25, -0.2) is 12.8 Å². The molecule has 27 heavy (non-hydrogen) atoms. The first-order chi connectivity index (χ1) is 12.6. The summed E-state index contributed by atoms with van der Waals surface area (Å²) in [5.74, 6) is -1.61. The van der Waals surface area contributed by atoms with Gasteiger partial charge in [0, 0.05) is 19.7 Å². The maximum atomic E-state index is 13.7. The van der Waals surface area contributed by atoms with Crippen LogP contribution in [0.4, 0.5) is 10.1 Å². The third-order valence-electron chi connectivity index (χ3n) is 3.68. The van der Waals surface area contributed by atoms with Gasteiger partial charge in [-0.2, -0.15) is 0 Å². The molecule has 2 aromatic rings. The lowest BCUT2D eigenvalue weighted by Gasteiger charge is -2.18. The minimum atomic E-state index is -4.10. The Morgan fingerprint density at radius 2 is 1.74 bits per heavy atom. The summed E-state index contributed by atoms with van der Waals surface area (Å²) in [5.41, 5.74) is -0.137. The van der Waals surface area contributed by atoms with E-state index < -0.39 is 27.8 Å². The predicted molar refractivity (Wildman–Crippen MR) is 99.3 cm³/mol. The van der Waals surface area contributed by atoms with Crippen LogP contribution in [0.15, 0.2) is 53.4 Å². The van der Waals surface area contributed by atoms with Gasteiger partial charge in [0.1, 0.15) is 11.9 Å². The molecule has 0 heterocycles. The van der Waals surface area contributed by atoms with Crippen LogP contribution in [0.3, 0.4) is 0 Å². The zero-order chi connectivity index (χ0) is 20.2. The van der Waals surface area contributed by atoms with Crippen molar-refractivity contribution in [1.82, 2.24) is 10.2 Å². The summed E-state index contributed by atoms with van der Waals surface area (Å²) in [5, 5.41) is 2.51. The number of likely N-dealkylation sites (N-methyl/N-ethyl adjacent to an activating group) is 1. The fourth-order valence-corrected chi connectivity index (χ4v) is 3.39. The Morgan fingerprint density at radius 3 is 2.37 bits per heavy atom. The third kappa shape index (κ3) is 5.04. The van der Waals surface area contributed by atoms with Crippen molar-refractivity contribution in [1.29, 1.82) is 0 Å². The van der Waals surface area contributed by atoms with Gasteiger partial charge in [0.15, 0.2) is 0 Å². The lowest BCUT2D eigenvalue weighted by Crippen LogP contribution is -2.44. The standard InChI is InChI=1S/C18H20FN3O4S/c1-12(18(24)22(2)3)20-17(23)13-7-6-8-14(11-13)27(25,26)21-16-10-5-4-9-15(16)19/h4-12,21H,1-3H3,(H,20,23)/t12-/m0/s1. The molecule has 9 heteroatoms. The summed E-state index contributed by atoms with van der Waals surface area (Å²) >= 11 is 0. The van der Waals surface area contributed by atoms with E-state index >= 15 is 0 Å². The molecule has 0 radical (unpaired) electrons. The van der Waals surface area contributed by atoms with Crippen molar-refractivity contribution in [3.8, 4) is 0 Å². The Labute approximate surface area is 157 Å². The largest absolute Gasteiger partial charge is 0.347 e. The summed E-state index contributed by atoms with van der Waals surface area (Å²) in [6.07, 6.45) is 0. The number of sulfonamides is 1. The van der Waals surface area contributed by atoms with E-state index in [1.54, 1.807) is 14.1 Å². The number of amides is 2. The number of anilines is 1. The predicted octanol–water partition coefficient (Wildman–Crippen LogP) is 1.83. The Bertz CT molecular complexity index is 961. The highest BCUT2D eigenvalue weighted by atomic mass is 32.2. The topological polar surface area (TPSA) is 95.6 Å². The van der Waals surface area contributed by atoms with Crippen molar-refractivity contribution in [2.75, 3.05) is 18.8 Å². The van der Waals surface area contributed by atoms with E-state index in [0.29, 0.717) is 0 Å². The van der Waals surface area contributed by atoms with Gasteiger partial charge in [-0.15, -0.1) is 0 Å². The highest BCUT2D eigenvalue weighted by Gasteiger charge is 2.21. The van der Waals surface area contributed by atoms with Crippen LogP contribution in [-0.2, 0) is 14.8 Å². The molecule has 0 aromatic heterocycles. The first-order valence-corrected chi connectivity index (χ1v) is 9.49. The van der Waals surface area contributed by atoms with Crippen LogP contribution < -0.4 is 10.0 Å². The van der Waals surface area contributed by atoms with E-state index in [1.807, 2.05) is 0 Å². The van der Waals surface area contributed by atoms with Gasteiger partial charge in [0.25, 0.3) is 15.9 Å². The number of hydrogen-bond acceptors (Lipinski definition) is 4. The van der Waals surface area contributed by atoms with Crippen LogP contribution in [0.25, 0.3) is 0 Å². The van der Waals surface area contributed by atoms with E-state index in [0.717, 1.165) is 12.1 Å². The van der Waals surface area contributed by atoms with Crippen LogP contribution >= 0.6 is 0 Å². The first-order valence-electron chi connectivity index (χ1n) is 8.01. The molecule has 0 aliphatic carbocycles. The van der Waals surface area contributed by atoms with Gasteiger partial charge in [-0.05, 0) is 37.3 Å². The van der Waals surface area contributed by atoms with Gasteiger partial charge >= 0.3 is 0 Å². The van der Waals surface area contributed by atoms with Gasteiger partial charge < -0.3 is 10.2 Å². The summed E-state index contributed by atoms with van der Waals surface area (Å²) < 4.78 is 40.8. The molecule has 2 aromatic carbocycles. The molecule has 0 saturated heterocycles. The van der Waals surface area contributed by atoms with E-state index in [9.17, 15) is 22.4 Å². The fraction of sp³-hybridized carbons (Fsp3) is 0.222. The zero-order valence-corrected chi connectivity index (χ0v) is 15.9. The number of rotatable bonds is 6. The number of nitrogens with one attached hydrogen (secondary N) is 2. The number of carbonyl (C=O) groups excluding carboxylic acids is 2. The minimum Gasteiger partial charge on any atom is -0.347 e. The number of benzene rings is 2. The molecule has 2 N–H and O–H groups in total. The van der Waals surface area contributed by atoms with E-state index in [-0.39, 0.29) is 22.1 Å². The lowest BCUT2D eigenvalue weighted by atomic mass is 10.2. The van der Waals surface area contributed by atoms with E-state index in [1.165, 1.54) is 48.2 Å². The summed E-state index contributed by atoms with van der Waals surface area (Å²) in [6.45, 7) is 1.53. The zero-order valence-electron chi connectivity index (χ0n) is 15.1. The third-order valence-corrected chi connectivity index (χ3v) is 5.05. The molecule has 7 nitrogen and oxygen atoms in total. The average molecular weight is 393 g/mol. The average Bonchev–Trinajstić information content (AvgIpc) is 2.62. The lowest BCUT2D eigenvalue weighted by molar-refractivity contribution is -0.130. The summed E-state index contributed by atoms with van der Waals surface area (Å²) in [4.78, 5) is 25.3. The van der Waals surface area contributed by atoms with Crippen molar-refractivity contribution < 1.29 is 22.4 Å². The molecular weight excluding hydrogens is 373 g/mol. The highest BCUT2D eigenvalue weighted by molar-refractivity contribution is 7.92. The first kappa shape index (κ1) is 20.4. The smallest absolute Gasteiger partial charge is 0.262 e. The van der Waals surface area contributed by atoms with Gasteiger partial charge in [-0.3, -0.25) is 14.3 Å². The van der Waals surface area contributed by atoms with Gasteiger partial charge in [0.2, 0.25) is 5.91 Å². The van der Waals surface area contributed by atoms with E-state index in [4.69, 9.17) is 0 Å². The van der Waals surface area contributed by atoms with Gasteiger partial charge in [0.05, 0.1) is 10.6 Å². The van der Waals surface area contributed by atoms with Crippen LogP contribution in [0.5, 0.6) is 0 Å². The molecule has 0 fully saturated rings. The number of hydrogen-bond donors (Lipinski definition) is 2. The van der Waals surface area contributed by atoms with Crippen molar-refractivity contribution >= 4 is 27.5 Å². The monoisotopic (exact) mass is 393 g/mol. The second-order valence-electron chi connectivity index (χ2n) is 6.04. The number of nitrogens with zero attached hydrogens (tertiary/aromatic N) is 1. The maximum absolute atomic E-state index is 13.7. The summed E-state index contributed by atoms with van der Waals surface area (Å²) in [6, 6.07) is 9.84. The molecule has 0 bridgehead atoms. The minimum absolute atomic E-state index is 0.0600. The normalized spacial score (nSPS) is 12.1. The fourth-order valence-electron chi connectivity index (χ4n) is 2.28. The van der Waals surface area contributed by atoms with E-state index in [2.05, 4.69) is 10.0 Å². The van der Waals surface area contributed by atoms with Crippen LogP contribution in [0.1, 0.15) is 17.3 Å². The Balaban J connectivity index is 2.22. The molecular formula is C18H20FN3O4S. The van der Waals surface area contributed by atoms with Crippen molar-refractivity contribution in [2.45, 2.75) is 17.9 Å². The van der Waals surface area contributed by atoms with Crippen molar-refractivity contribution in [3.05, 3.63) is 59.9 Å². The molecule has 1 atom stereocenters. The number of carbonyl (C=O) groups is 2. The second kappa shape index (κ2) is 8.17. The quantitative estimate of drug-likeness (QED) is 0.783. The van der Waals surface area contributed by atoms with Crippen LogP contribution in [0.2, 0.25) is 0 Å². The Hall–Kier alpha value is -2.94. The molecule has 144 valence electrons. The Morgan fingerprint density at radius 1 is 1.07 bits per heavy atom. The van der Waals surface area contributed by atoms with Crippen molar-refractivity contribution in [3.63, 3.8) is 0 Å². The molecule has 0 unspecified atom stereocenters. The molecule has 2 rings (SSSR count). The number of para-hydroxylation sites is 1. The SMILES string of the molecule is C[C@H](NC(=O)c1cccc(S(=O)(=O)Nc2ccccc2F)c1)C(=O)N(C)C. The van der Waals surface area contributed by atoms with Gasteiger partial charge in [-0.1, -0.05) is 18.2 Å². The highest BCUT2D eigenvalue weighted by Crippen LogP contribution is 2.19. The van der Waals surface area contributed by atoms with Crippen LogP contribution in [0, 0.1) is 5.82 Å². The number of halogens is 1.